The van der Waals surface area contributed by atoms with E-state index in [4.69, 9.17) is 11.6 Å². The fourth-order valence-electron chi connectivity index (χ4n) is 1.95. The van der Waals surface area contributed by atoms with E-state index in [1.54, 1.807) is 0 Å². The zero-order valence-electron chi connectivity index (χ0n) is 9.68. The van der Waals surface area contributed by atoms with Gasteiger partial charge < -0.3 is 4.90 Å². The van der Waals surface area contributed by atoms with Crippen molar-refractivity contribution in [3.8, 4) is 0 Å². The van der Waals surface area contributed by atoms with Gasteiger partial charge in [-0.1, -0.05) is 0 Å². The molecule has 1 saturated heterocycles. The summed E-state index contributed by atoms with van der Waals surface area (Å²) in [6.07, 6.45) is -4.41. The molecule has 1 unspecified atom stereocenters. The van der Waals surface area contributed by atoms with E-state index in [0.29, 0.717) is 6.07 Å². The maximum absolute atomic E-state index is 13.5. The Kier molecular flexibility index (Phi) is 3.71. The van der Waals surface area contributed by atoms with Crippen molar-refractivity contribution in [2.75, 3.05) is 6.54 Å². The summed E-state index contributed by atoms with van der Waals surface area (Å²) < 4.78 is 51.1. The monoisotopic (exact) mass is 295 g/mol. The molecule has 0 aliphatic carbocycles. The molecule has 1 aliphatic rings. The van der Waals surface area contributed by atoms with Gasteiger partial charge in [0.05, 0.1) is 10.9 Å². The van der Waals surface area contributed by atoms with Crippen LogP contribution < -0.4 is 0 Å². The van der Waals surface area contributed by atoms with E-state index in [-0.39, 0.29) is 36.4 Å². The smallest absolute Gasteiger partial charge is 0.337 e. The molecule has 104 valence electrons. The number of benzene rings is 1. The third-order valence-corrected chi connectivity index (χ3v) is 3.19. The number of halogens is 5. The largest absolute Gasteiger partial charge is 0.416 e. The molecule has 0 saturated carbocycles. The van der Waals surface area contributed by atoms with Gasteiger partial charge in [-0.15, -0.1) is 11.6 Å². The summed E-state index contributed by atoms with van der Waals surface area (Å²) in [5.41, 5.74) is -1.09. The average molecular weight is 296 g/mol. The minimum Gasteiger partial charge on any atom is -0.337 e. The summed E-state index contributed by atoms with van der Waals surface area (Å²) in [7, 11) is 0. The summed E-state index contributed by atoms with van der Waals surface area (Å²) in [5.74, 6) is -1.05. The highest BCUT2D eigenvalue weighted by Gasteiger charge is 2.32. The van der Waals surface area contributed by atoms with Gasteiger partial charge >= 0.3 is 6.18 Å². The summed E-state index contributed by atoms with van der Waals surface area (Å²) in [6.45, 7) is 0.0217. The van der Waals surface area contributed by atoms with Gasteiger partial charge in [0.1, 0.15) is 5.82 Å². The van der Waals surface area contributed by atoms with Crippen LogP contribution in [0.1, 0.15) is 17.5 Å². The average Bonchev–Trinajstić information content (AvgIpc) is 2.59. The van der Waals surface area contributed by atoms with Gasteiger partial charge in [0, 0.05) is 25.1 Å². The number of amides is 1. The third kappa shape index (κ3) is 3.18. The Hall–Kier alpha value is -1.30. The van der Waals surface area contributed by atoms with E-state index in [1.165, 1.54) is 4.90 Å². The van der Waals surface area contributed by atoms with Crippen molar-refractivity contribution in [1.29, 1.82) is 0 Å². The summed E-state index contributed by atoms with van der Waals surface area (Å²) in [4.78, 5) is 12.7. The lowest BCUT2D eigenvalue weighted by atomic mass is 10.1. The third-order valence-electron chi connectivity index (χ3n) is 2.90. The molecular formula is C12H10ClF4NO. The molecule has 19 heavy (non-hydrogen) atoms. The Morgan fingerprint density at radius 2 is 2.05 bits per heavy atom. The van der Waals surface area contributed by atoms with Gasteiger partial charge in [-0.05, 0) is 18.2 Å². The van der Waals surface area contributed by atoms with Crippen LogP contribution in [0, 0.1) is 5.82 Å². The predicted molar refractivity (Wildman–Crippen MR) is 61.1 cm³/mol. The number of hydrogen-bond acceptors (Lipinski definition) is 1. The van der Waals surface area contributed by atoms with Crippen LogP contribution in [0.15, 0.2) is 18.2 Å². The normalized spacial score (nSPS) is 20.2. The van der Waals surface area contributed by atoms with E-state index in [1.807, 2.05) is 0 Å². The molecule has 1 aromatic carbocycles. The molecule has 1 aromatic rings. The molecule has 0 bridgehead atoms. The van der Waals surface area contributed by atoms with Crippen LogP contribution in [-0.4, -0.2) is 22.7 Å². The Bertz CT molecular complexity index is 503. The summed E-state index contributed by atoms with van der Waals surface area (Å²) >= 11 is 5.78. The molecule has 0 N–H and O–H groups in total. The van der Waals surface area contributed by atoms with Crippen molar-refractivity contribution in [2.24, 2.45) is 0 Å². The highest BCUT2D eigenvalue weighted by atomic mass is 35.5. The van der Waals surface area contributed by atoms with Crippen molar-refractivity contribution >= 4 is 17.5 Å². The maximum Gasteiger partial charge on any atom is 0.416 e. The van der Waals surface area contributed by atoms with Crippen LogP contribution in [0.3, 0.4) is 0 Å². The molecule has 1 fully saturated rings. The van der Waals surface area contributed by atoms with Crippen LogP contribution >= 0.6 is 11.6 Å². The van der Waals surface area contributed by atoms with Gasteiger partial charge in [-0.2, -0.15) is 13.2 Å². The van der Waals surface area contributed by atoms with E-state index in [0.717, 1.165) is 12.1 Å². The van der Waals surface area contributed by atoms with E-state index >= 15 is 0 Å². The fourth-order valence-corrected chi connectivity index (χ4v) is 2.25. The number of nitrogens with zero attached hydrogens (tertiary/aromatic N) is 1. The number of rotatable bonds is 2. The second kappa shape index (κ2) is 5.00. The van der Waals surface area contributed by atoms with E-state index < -0.39 is 17.6 Å². The molecule has 1 aliphatic heterocycles. The number of likely N-dealkylation sites (tertiary alicyclic amines) is 1. The minimum absolute atomic E-state index is 0.127. The second-order valence-corrected chi connectivity index (χ2v) is 5.00. The second-order valence-electron chi connectivity index (χ2n) is 4.38. The maximum atomic E-state index is 13.5. The van der Waals surface area contributed by atoms with E-state index in [2.05, 4.69) is 0 Å². The van der Waals surface area contributed by atoms with E-state index in [9.17, 15) is 22.4 Å². The van der Waals surface area contributed by atoms with Crippen LogP contribution in [-0.2, 0) is 17.5 Å². The Morgan fingerprint density at radius 1 is 1.37 bits per heavy atom. The Balaban J connectivity index is 2.22. The molecule has 0 radical (unpaired) electrons. The molecule has 0 aromatic heterocycles. The van der Waals surface area contributed by atoms with Gasteiger partial charge in [0.2, 0.25) is 5.91 Å². The van der Waals surface area contributed by atoms with Crippen LogP contribution in [0.25, 0.3) is 0 Å². The first-order valence-corrected chi connectivity index (χ1v) is 5.98. The van der Waals surface area contributed by atoms with Crippen molar-refractivity contribution in [3.63, 3.8) is 0 Å². The molecule has 2 nitrogen and oxygen atoms in total. The zero-order chi connectivity index (χ0) is 14.2. The highest BCUT2D eigenvalue weighted by Crippen LogP contribution is 2.31. The van der Waals surface area contributed by atoms with Crippen LogP contribution in [0.4, 0.5) is 17.6 Å². The predicted octanol–water partition coefficient (Wildman–Crippen LogP) is 3.18. The van der Waals surface area contributed by atoms with Crippen molar-refractivity contribution in [2.45, 2.75) is 24.5 Å². The SMILES string of the molecule is O=C1CC(Cl)CN1Cc1cc(C(F)(F)F)ccc1F. The number of carbonyl (C=O) groups excluding carboxylic acids is 1. The standard InChI is InChI=1S/C12H10ClF4NO/c13-9-4-11(19)18(6-9)5-7-3-8(12(15,16)17)1-2-10(7)14/h1-3,9H,4-6H2. The Morgan fingerprint density at radius 3 is 2.58 bits per heavy atom. The number of hydrogen-bond donors (Lipinski definition) is 0. The van der Waals surface area contributed by atoms with Crippen molar-refractivity contribution < 1.29 is 22.4 Å². The molecule has 1 atom stereocenters. The van der Waals surface area contributed by atoms with Gasteiger partial charge in [-0.25, -0.2) is 4.39 Å². The fraction of sp³-hybridized carbons (Fsp3) is 0.417. The minimum atomic E-state index is -4.54. The van der Waals surface area contributed by atoms with Crippen molar-refractivity contribution in [3.05, 3.63) is 35.1 Å². The number of carbonyl (C=O) groups is 1. The number of alkyl halides is 4. The topological polar surface area (TPSA) is 20.3 Å². The van der Waals surface area contributed by atoms with Gasteiger partial charge in [0.25, 0.3) is 0 Å². The summed E-state index contributed by atoms with van der Waals surface area (Å²) in [5, 5.41) is -0.374. The lowest BCUT2D eigenvalue weighted by Crippen LogP contribution is -2.25. The zero-order valence-corrected chi connectivity index (χ0v) is 10.4. The lowest BCUT2D eigenvalue weighted by Gasteiger charge is -2.17. The quantitative estimate of drug-likeness (QED) is 0.606. The lowest BCUT2D eigenvalue weighted by molar-refractivity contribution is -0.137. The highest BCUT2D eigenvalue weighted by molar-refractivity contribution is 6.22. The first kappa shape index (κ1) is 14.1. The van der Waals surface area contributed by atoms with Crippen LogP contribution in [0.5, 0.6) is 0 Å². The first-order chi connectivity index (χ1) is 8.77. The molecule has 1 heterocycles. The van der Waals surface area contributed by atoms with Gasteiger partial charge in [0.15, 0.2) is 0 Å². The van der Waals surface area contributed by atoms with Crippen molar-refractivity contribution in [1.82, 2.24) is 4.90 Å². The molecule has 2 rings (SSSR count). The first-order valence-electron chi connectivity index (χ1n) is 5.55. The van der Waals surface area contributed by atoms with Crippen LogP contribution in [0.2, 0.25) is 0 Å². The molecular weight excluding hydrogens is 286 g/mol. The molecule has 7 heteroatoms. The molecule has 0 spiro atoms. The summed E-state index contributed by atoms with van der Waals surface area (Å²) in [6, 6.07) is 2.16. The molecule has 1 amide bonds. The Labute approximate surface area is 112 Å². The van der Waals surface area contributed by atoms with Gasteiger partial charge in [-0.3, -0.25) is 4.79 Å².